The number of ether oxygens (including phenoxy) is 2. The summed E-state index contributed by atoms with van der Waals surface area (Å²) in [5.74, 6) is -3.49. The molecule has 0 atom stereocenters. The Hall–Kier alpha value is -4.94. The lowest BCUT2D eigenvalue weighted by Gasteiger charge is -2.15. The molecule has 204 valence electrons. The molecule has 3 amide bonds. The average molecular weight is 546 g/mol. The van der Waals surface area contributed by atoms with E-state index in [1.807, 2.05) is 5.43 Å². The van der Waals surface area contributed by atoms with Crippen LogP contribution in [-0.2, 0) is 20.6 Å². The number of nitrogens with zero attached hydrogens (tertiary/aromatic N) is 1. The molecule has 0 radical (unpaired) electrons. The minimum Gasteiger partial charge on any atom is -0.490 e. The van der Waals surface area contributed by atoms with Gasteiger partial charge < -0.3 is 20.1 Å². The molecule has 3 rings (SSSR count). The van der Waals surface area contributed by atoms with E-state index in [1.54, 1.807) is 6.92 Å². The highest BCUT2D eigenvalue weighted by Crippen LogP contribution is 2.34. The number of alkyl halides is 3. The van der Waals surface area contributed by atoms with Gasteiger partial charge in [-0.05, 0) is 55.0 Å². The van der Waals surface area contributed by atoms with Gasteiger partial charge in [0.05, 0.1) is 29.8 Å². The van der Waals surface area contributed by atoms with Gasteiger partial charge in [0.15, 0.2) is 18.1 Å². The van der Waals surface area contributed by atoms with Gasteiger partial charge in [-0.25, -0.2) is 9.82 Å². The third-order valence-corrected chi connectivity index (χ3v) is 4.84. The fourth-order valence-corrected chi connectivity index (χ4v) is 3.12. The Kier molecular flexibility index (Phi) is 9.57. The van der Waals surface area contributed by atoms with Gasteiger partial charge in [-0.3, -0.25) is 14.4 Å². The maximum Gasteiger partial charge on any atom is 0.418 e. The highest BCUT2D eigenvalue weighted by atomic mass is 19.4. The molecule has 0 heterocycles. The Morgan fingerprint density at radius 3 is 2.26 bits per heavy atom. The van der Waals surface area contributed by atoms with Crippen molar-refractivity contribution in [1.82, 2.24) is 5.43 Å². The number of carbonyl (C=O) groups excluding carboxylic acids is 3. The largest absolute Gasteiger partial charge is 0.490 e. The van der Waals surface area contributed by atoms with E-state index in [4.69, 9.17) is 9.47 Å². The van der Waals surface area contributed by atoms with Crippen LogP contribution in [0.15, 0.2) is 71.8 Å². The molecule has 0 aliphatic heterocycles. The topological polar surface area (TPSA) is 118 Å². The van der Waals surface area contributed by atoms with Gasteiger partial charge in [0, 0.05) is 0 Å². The summed E-state index contributed by atoms with van der Waals surface area (Å²) in [6.45, 7) is 1.31. The van der Waals surface area contributed by atoms with Crippen molar-refractivity contribution in [2.75, 3.05) is 23.8 Å². The molecule has 0 aliphatic rings. The second-order valence-electron chi connectivity index (χ2n) is 7.65. The van der Waals surface area contributed by atoms with Crippen molar-refractivity contribution in [3.8, 4) is 11.5 Å². The minimum atomic E-state index is -4.65. The normalized spacial score (nSPS) is 11.1. The first-order valence-corrected chi connectivity index (χ1v) is 11.3. The van der Waals surface area contributed by atoms with Crippen molar-refractivity contribution in [2.45, 2.75) is 13.1 Å². The molecule has 0 unspecified atom stereocenters. The van der Waals surface area contributed by atoms with Crippen LogP contribution in [0.3, 0.4) is 0 Å². The maximum atomic E-state index is 13.6. The van der Waals surface area contributed by atoms with Crippen LogP contribution in [0.2, 0.25) is 0 Å². The molecular formula is C26H22F4N4O5. The van der Waals surface area contributed by atoms with E-state index in [0.717, 1.165) is 18.2 Å². The van der Waals surface area contributed by atoms with Gasteiger partial charge in [0.25, 0.3) is 5.91 Å². The summed E-state index contributed by atoms with van der Waals surface area (Å²) in [4.78, 5) is 36.1. The molecule has 9 nitrogen and oxygen atoms in total. The van der Waals surface area contributed by atoms with Gasteiger partial charge in [-0.15, -0.1) is 0 Å². The van der Waals surface area contributed by atoms with Gasteiger partial charge in [0.2, 0.25) is 0 Å². The molecule has 3 N–H and O–H groups in total. The van der Waals surface area contributed by atoms with E-state index >= 15 is 0 Å². The number of hydrogen-bond donors (Lipinski definition) is 3. The fraction of sp³-hybridized carbons (Fsp3) is 0.154. The van der Waals surface area contributed by atoms with Crippen molar-refractivity contribution in [3.05, 3.63) is 83.7 Å². The van der Waals surface area contributed by atoms with E-state index in [-0.39, 0.29) is 23.8 Å². The summed E-state index contributed by atoms with van der Waals surface area (Å²) in [6, 6.07) is 14.2. The van der Waals surface area contributed by atoms with Crippen LogP contribution in [-0.4, -0.2) is 37.1 Å². The summed E-state index contributed by atoms with van der Waals surface area (Å²) in [5.41, 5.74) is 0.848. The van der Waals surface area contributed by atoms with Crippen LogP contribution in [0, 0.1) is 5.82 Å². The lowest BCUT2D eigenvalue weighted by Crippen LogP contribution is -2.32. The molecule has 0 aliphatic carbocycles. The third kappa shape index (κ3) is 8.28. The van der Waals surface area contributed by atoms with E-state index in [2.05, 4.69) is 15.7 Å². The molecule has 39 heavy (non-hydrogen) atoms. The monoisotopic (exact) mass is 546 g/mol. The smallest absolute Gasteiger partial charge is 0.418 e. The van der Waals surface area contributed by atoms with Crippen LogP contribution in [0.4, 0.5) is 28.9 Å². The highest BCUT2D eigenvalue weighted by Gasteiger charge is 2.33. The number of amides is 3. The van der Waals surface area contributed by atoms with Gasteiger partial charge >= 0.3 is 18.0 Å². The number of rotatable bonds is 9. The minimum absolute atomic E-state index is 0.126. The number of halogens is 4. The predicted molar refractivity (Wildman–Crippen MR) is 134 cm³/mol. The van der Waals surface area contributed by atoms with Crippen molar-refractivity contribution >= 4 is 35.3 Å². The Morgan fingerprint density at radius 1 is 0.872 bits per heavy atom. The number of carbonyl (C=O) groups is 3. The van der Waals surface area contributed by atoms with Gasteiger partial charge in [-0.2, -0.15) is 18.3 Å². The first-order chi connectivity index (χ1) is 18.6. The van der Waals surface area contributed by atoms with Crippen LogP contribution < -0.4 is 25.5 Å². The molecule has 0 saturated carbocycles. The molecule has 3 aromatic rings. The highest BCUT2D eigenvalue weighted by molar-refractivity contribution is 6.39. The Labute approximate surface area is 219 Å². The summed E-state index contributed by atoms with van der Waals surface area (Å²) in [6.07, 6.45) is -3.45. The van der Waals surface area contributed by atoms with E-state index < -0.39 is 47.6 Å². The van der Waals surface area contributed by atoms with Crippen molar-refractivity contribution in [2.24, 2.45) is 5.10 Å². The molecule has 13 heteroatoms. The second-order valence-corrected chi connectivity index (χ2v) is 7.65. The number of hydrogen-bond acceptors (Lipinski definition) is 6. The van der Waals surface area contributed by atoms with Crippen LogP contribution in [0.25, 0.3) is 0 Å². The van der Waals surface area contributed by atoms with Gasteiger partial charge in [-0.1, -0.05) is 24.3 Å². The quantitative estimate of drug-likeness (QED) is 0.160. The Morgan fingerprint density at radius 2 is 1.56 bits per heavy atom. The summed E-state index contributed by atoms with van der Waals surface area (Å²) in [5, 5.41) is 7.97. The first-order valence-electron chi connectivity index (χ1n) is 11.3. The molecule has 0 spiro atoms. The number of anilines is 2. The number of nitrogens with one attached hydrogen (secondary N) is 3. The molecule has 3 aromatic carbocycles. The molecule has 0 bridgehead atoms. The average Bonchev–Trinajstić information content (AvgIpc) is 2.89. The number of para-hydroxylation sites is 2. The van der Waals surface area contributed by atoms with Crippen LogP contribution in [0.5, 0.6) is 11.5 Å². The predicted octanol–water partition coefficient (Wildman–Crippen LogP) is 4.35. The third-order valence-electron chi connectivity index (χ3n) is 4.84. The Bertz CT molecular complexity index is 1380. The van der Waals surface area contributed by atoms with Crippen molar-refractivity contribution in [3.63, 3.8) is 0 Å². The van der Waals surface area contributed by atoms with E-state index in [0.29, 0.717) is 5.56 Å². The number of benzene rings is 3. The number of hydrazone groups is 1. The van der Waals surface area contributed by atoms with Crippen LogP contribution in [0.1, 0.15) is 18.1 Å². The lowest BCUT2D eigenvalue weighted by atomic mass is 10.1. The van der Waals surface area contributed by atoms with E-state index in [9.17, 15) is 31.9 Å². The van der Waals surface area contributed by atoms with E-state index in [1.165, 1.54) is 54.7 Å². The van der Waals surface area contributed by atoms with Crippen molar-refractivity contribution in [1.29, 1.82) is 0 Å². The van der Waals surface area contributed by atoms with Crippen molar-refractivity contribution < 1.29 is 41.4 Å². The standard InChI is InChI=1S/C26H22F4N4O5/c1-2-38-22-13-16(14-31-34-25(37)24(36)33-20-10-6-4-8-18(20)27)11-12-21(22)39-15-23(35)32-19-9-5-3-7-17(19)26(28,29)30/h3-14H,2,15H2,1H3,(H,32,35)(H,33,36)(H,34,37)/b31-14-. The fourth-order valence-electron chi connectivity index (χ4n) is 3.12. The summed E-state index contributed by atoms with van der Waals surface area (Å²) in [7, 11) is 0. The molecule has 0 fully saturated rings. The van der Waals surface area contributed by atoms with Gasteiger partial charge in [0.1, 0.15) is 5.82 Å². The zero-order valence-corrected chi connectivity index (χ0v) is 20.3. The zero-order chi connectivity index (χ0) is 28.4. The lowest BCUT2D eigenvalue weighted by molar-refractivity contribution is -0.137. The zero-order valence-electron chi connectivity index (χ0n) is 20.3. The summed E-state index contributed by atoms with van der Waals surface area (Å²) < 4.78 is 63.9. The maximum absolute atomic E-state index is 13.6. The summed E-state index contributed by atoms with van der Waals surface area (Å²) >= 11 is 0. The Balaban J connectivity index is 1.59. The molecule has 0 aromatic heterocycles. The van der Waals surface area contributed by atoms with Crippen LogP contribution >= 0.6 is 0 Å². The SMILES string of the molecule is CCOc1cc(/C=N\NC(=O)C(=O)Nc2ccccc2F)ccc1OCC(=O)Nc1ccccc1C(F)(F)F. The second kappa shape index (κ2) is 13.0. The first kappa shape index (κ1) is 28.6. The molecular weight excluding hydrogens is 524 g/mol. The molecule has 0 saturated heterocycles.